The molecule has 0 bridgehead atoms. The Hall–Kier alpha value is -2.43. The summed E-state index contributed by atoms with van der Waals surface area (Å²) in [7, 11) is 0. The molecule has 0 unspecified atom stereocenters. The molecule has 0 radical (unpaired) electrons. The number of hydrogen-bond acceptors (Lipinski definition) is 5. The molecule has 0 atom stereocenters. The number of thiocarbonyl (C=S) groups is 1. The van der Waals surface area contributed by atoms with E-state index in [4.69, 9.17) is 40.2 Å². The number of rotatable bonds is 7. The Labute approximate surface area is 230 Å². The first-order valence-electron chi connectivity index (χ1n) is 10.4. The number of carbonyl (C=O) groups is 1. The number of benzene rings is 2. The van der Waals surface area contributed by atoms with Crippen molar-refractivity contribution in [3.63, 3.8) is 0 Å². The zero-order chi connectivity index (χ0) is 24.9. The highest BCUT2D eigenvalue weighted by Gasteiger charge is 2.19. The Bertz CT molecular complexity index is 1380. The molecular weight excluding hydrogens is 591 g/mol. The Morgan fingerprint density at radius 2 is 1.91 bits per heavy atom. The van der Waals surface area contributed by atoms with Gasteiger partial charge in [0, 0.05) is 11.1 Å². The van der Waals surface area contributed by atoms with Gasteiger partial charge < -0.3 is 15.4 Å². The second kappa shape index (κ2) is 11.5. The van der Waals surface area contributed by atoms with Crippen molar-refractivity contribution in [1.29, 1.82) is 0 Å². The summed E-state index contributed by atoms with van der Waals surface area (Å²) in [5.41, 5.74) is 2.37. The summed E-state index contributed by atoms with van der Waals surface area (Å²) in [5.74, 6) is 0.114. The maximum atomic E-state index is 12.6. The lowest BCUT2D eigenvalue weighted by Crippen LogP contribution is -2.20. The predicted molar refractivity (Wildman–Crippen MR) is 151 cm³/mol. The standard InChI is InChI=1S/C24H19BrCl2N4O2S2/c1-2-33-23(32)16-11-20(15-6-4-3-5-7-15)35-22(16)29-24(34)28-21-17(25)13-31(30-21)12-14-8-9-18(26)19(27)10-14/h3-11,13H,2,12H2,1H3,(H2,28,29,30,34). The second-order valence-corrected chi connectivity index (χ2v) is 10.4. The maximum absolute atomic E-state index is 12.6. The number of carbonyl (C=O) groups excluding carboxylic acids is 1. The number of anilines is 2. The Morgan fingerprint density at radius 1 is 1.14 bits per heavy atom. The van der Waals surface area contributed by atoms with Crippen LogP contribution in [-0.2, 0) is 11.3 Å². The molecule has 2 aromatic carbocycles. The van der Waals surface area contributed by atoms with E-state index in [0.29, 0.717) is 33.0 Å². The van der Waals surface area contributed by atoms with Gasteiger partial charge in [-0.3, -0.25) is 4.68 Å². The normalized spacial score (nSPS) is 10.7. The van der Waals surface area contributed by atoms with E-state index in [-0.39, 0.29) is 11.7 Å². The number of nitrogens with one attached hydrogen (secondary N) is 2. The van der Waals surface area contributed by atoms with Gasteiger partial charge in [-0.25, -0.2) is 4.79 Å². The molecule has 0 saturated carbocycles. The van der Waals surface area contributed by atoms with E-state index in [9.17, 15) is 4.79 Å². The molecular formula is C24H19BrCl2N4O2S2. The second-order valence-electron chi connectivity index (χ2n) is 7.29. The molecule has 0 aliphatic heterocycles. The first kappa shape index (κ1) is 25.7. The van der Waals surface area contributed by atoms with Crippen molar-refractivity contribution in [1.82, 2.24) is 9.78 Å². The monoisotopic (exact) mass is 608 g/mol. The van der Waals surface area contributed by atoms with Gasteiger partial charge in [-0.05, 0) is 64.4 Å². The van der Waals surface area contributed by atoms with Gasteiger partial charge in [0.25, 0.3) is 0 Å². The number of halogens is 3. The molecule has 0 fully saturated rings. The molecule has 11 heteroatoms. The lowest BCUT2D eigenvalue weighted by molar-refractivity contribution is 0.0528. The van der Waals surface area contributed by atoms with Crippen molar-refractivity contribution < 1.29 is 9.53 Å². The van der Waals surface area contributed by atoms with Gasteiger partial charge in [0.15, 0.2) is 10.9 Å². The molecule has 4 rings (SSSR count). The fraction of sp³-hybridized carbons (Fsp3) is 0.125. The highest BCUT2D eigenvalue weighted by Crippen LogP contribution is 2.36. The van der Waals surface area contributed by atoms with Crippen molar-refractivity contribution in [2.75, 3.05) is 17.2 Å². The first-order valence-corrected chi connectivity index (χ1v) is 13.2. The van der Waals surface area contributed by atoms with Crippen LogP contribution in [0.3, 0.4) is 0 Å². The van der Waals surface area contributed by atoms with Crippen LogP contribution in [-0.4, -0.2) is 27.5 Å². The fourth-order valence-electron chi connectivity index (χ4n) is 3.22. The van der Waals surface area contributed by atoms with E-state index in [1.807, 2.05) is 48.7 Å². The molecule has 0 saturated heterocycles. The summed E-state index contributed by atoms with van der Waals surface area (Å²) >= 11 is 22.6. The molecule has 2 aromatic heterocycles. The molecule has 0 aliphatic rings. The van der Waals surface area contributed by atoms with Crippen LogP contribution in [0.4, 0.5) is 10.8 Å². The van der Waals surface area contributed by atoms with Crippen LogP contribution < -0.4 is 10.6 Å². The molecule has 180 valence electrons. The van der Waals surface area contributed by atoms with Crippen molar-refractivity contribution in [3.8, 4) is 10.4 Å². The van der Waals surface area contributed by atoms with E-state index in [1.54, 1.807) is 23.7 Å². The van der Waals surface area contributed by atoms with E-state index < -0.39 is 5.97 Å². The highest BCUT2D eigenvalue weighted by molar-refractivity contribution is 9.10. The van der Waals surface area contributed by atoms with Crippen molar-refractivity contribution >= 4 is 84.6 Å². The lowest BCUT2D eigenvalue weighted by atomic mass is 10.1. The van der Waals surface area contributed by atoms with Crippen LogP contribution in [0.1, 0.15) is 22.8 Å². The van der Waals surface area contributed by atoms with E-state index in [1.165, 1.54) is 11.3 Å². The molecule has 0 aliphatic carbocycles. The summed E-state index contributed by atoms with van der Waals surface area (Å²) in [6.07, 6.45) is 1.83. The molecule has 2 N–H and O–H groups in total. The average Bonchev–Trinajstić information content (AvgIpc) is 3.40. The van der Waals surface area contributed by atoms with Crippen LogP contribution in [0.2, 0.25) is 10.0 Å². The van der Waals surface area contributed by atoms with Gasteiger partial charge in [-0.2, -0.15) is 5.10 Å². The lowest BCUT2D eigenvalue weighted by Gasteiger charge is -2.09. The highest BCUT2D eigenvalue weighted by atomic mass is 79.9. The van der Waals surface area contributed by atoms with Crippen molar-refractivity contribution in [2.45, 2.75) is 13.5 Å². The molecule has 2 heterocycles. The van der Waals surface area contributed by atoms with Crippen molar-refractivity contribution in [3.05, 3.63) is 86.4 Å². The zero-order valence-electron chi connectivity index (χ0n) is 18.3. The van der Waals surface area contributed by atoms with Gasteiger partial charge >= 0.3 is 5.97 Å². The third kappa shape index (κ3) is 6.42. The maximum Gasteiger partial charge on any atom is 0.341 e. The zero-order valence-corrected chi connectivity index (χ0v) is 23.1. The van der Waals surface area contributed by atoms with Crippen LogP contribution in [0.5, 0.6) is 0 Å². The molecule has 0 amide bonds. The van der Waals surface area contributed by atoms with Gasteiger partial charge in [0.1, 0.15) is 5.00 Å². The summed E-state index contributed by atoms with van der Waals surface area (Å²) < 4.78 is 7.71. The number of hydrogen-bond donors (Lipinski definition) is 2. The van der Waals surface area contributed by atoms with Gasteiger partial charge in [-0.1, -0.05) is 59.6 Å². The number of nitrogens with zero attached hydrogens (tertiary/aromatic N) is 2. The third-order valence-electron chi connectivity index (χ3n) is 4.79. The minimum Gasteiger partial charge on any atom is -0.462 e. The molecule has 6 nitrogen and oxygen atoms in total. The smallest absolute Gasteiger partial charge is 0.341 e. The van der Waals surface area contributed by atoms with E-state index in [2.05, 4.69) is 31.7 Å². The predicted octanol–water partition coefficient (Wildman–Crippen LogP) is 7.71. The minimum atomic E-state index is -0.414. The summed E-state index contributed by atoms with van der Waals surface area (Å²) in [6, 6.07) is 17.1. The third-order valence-corrected chi connectivity index (χ3v) is 7.41. The van der Waals surface area contributed by atoms with Crippen molar-refractivity contribution in [2.24, 2.45) is 0 Å². The first-order chi connectivity index (χ1) is 16.8. The quantitative estimate of drug-likeness (QED) is 0.165. The average molecular weight is 610 g/mol. The van der Waals surface area contributed by atoms with Gasteiger partial charge in [-0.15, -0.1) is 11.3 Å². The van der Waals surface area contributed by atoms with Crippen LogP contribution >= 0.6 is 62.7 Å². The summed E-state index contributed by atoms with van der Waals surface area (Å²) in [6.45, 7) is 2.55. The summed E-state index contributed by atoms with van der Waals surface area (Å²) in [5, 5.41) is 12.6. The Kier molecular flexibility index (Phi) is 8.46. The van der Waals surface area contributed by atoms with Gasteiger partial charge in [0.05, 0.1) is 33.2 Å². The number of esters is 1. The topological polar surface area (TPSA) is 68.2 Å². The SMILES string of the molecule is CCOC(=O)c1cc(-c2ccccc2)sc1NC(=S)Nc1nn(Cc2ccc(Cl)c(Cl)c2)cc1Br. The number of aromatic nitrogens is 2. The van der Waals surface area contributed by atoms with Crippen LogP contribution in [0, 0.1) is 0 Å². The van der Waals surface area contributed by atoms with Gasteiger partial charge in [0.2, 0.25) is 0 Å². The molecule has 4 aromatic rings. The van der Waals surface area contributed by atoms with E-state index in [0.717, 1.165) is 20.5 Å². The van der Waals surface area contributed by atoms with Crippen LogP contribution in [0.15, 0.2) is 65.3 Å². The molecule has 0 spiro atoms. The Balaban J connectivity index is 1.50. The summed E-state index contributed by atoms with van der Waals surface area (Å²) in [4.78, 5) is 13.5. The van der Waals surface area contributed by atoms with E-state index >= 15 is 0 Å². The van der Waals surface area contributed by atoms with Crippen LogP contribution in [0.25, 0.3) is 10.4 Å². The minimum absolute atomic E-state index is 0.278. The fourth-order valence-corrected chi connectivity index (χ4v) is 5.27. The Morgan fingerprint density at radius 3 is 2.63 bits per heavy atom. The molecule has 35 heavy (non-hydrogen) atoms. The largest absolute Gasteiger partial charge is 0.462 e. The number of ether oxygens (including phenoxy) is 1. The number of thiophene rings is 1.